The van der Waals surface area contributed by atoms with Crippen molar-refractivity contribution in [3.63, 3.8) is 0 Å². The Balaban J connectivity index is 2.81. The van der Waals surface area contributed by atoms with Crippen LogP contribution in [-0.4, -0.2) is 15.8 Å². The Labute approximate surface area is 77.2 Å². The van der Waals surface area contributed by atoms with Crippen LogP contribution < -0.4 is 0 Å². The van der Waals surface area contributed by atoms with Crippen LogP contribution in [0.3, 0.4) is 0 Å². The van der Waals surface area contributed by atoms with Crippen molar-refractivity contribution in [2.45, 2.75) is 20.3 Å². The lowest BCUT2D eigenvalue weighted by molar-refractivity contribution is 0.0993. The van der Waals surface area contributed by atoms with Crippen molar-refractivity contribution >= 4 is 5.78 Å². The molecule has 1 heterocycles. The van der Waals surface area contributed by atoms with Gasteiger partial charge in [-0.3, -0.25) is 4.79 Å². The Kier molecular flexibility index (Phi) is 3.15. The number of carbonyl (C=O) groups is 1. The Morgan fingerprint density at radius 2 is 2.38 bits per heavy atom. The van der Waals surface area contributed by atoms with Crippen LogP contribution in [0.5, 0.6) is 0 Å². The van der Waals surface area contributed by atoms with Gasteiger partial charge in [-0.1, -0.05) is 5.92 Å². The van der Waals surface area contributed by atoms with E-state index < -0.39 is 0 Å². The van der Waals surface area contributed by atoms with Crippen molar-refractivity contribution in [1.29, 1.82) is 0 Å². The van der Waals surface area contributed by atoms with Gasteiger partial charge in [0.15, 0.2) is 5.78 Å². The van der Waals surface area contributed by atoms with Gasteiger partial charge >= 0.3 is 0 Å². The number of hydrogen-bond acceptors (Lipinski definition) is 3. The Morgan fingerprint density at radius 1 is 1.62 bits per heavy atom. The largest absolute Gasteiger partial charge is 0.291 e. The van der Waals surface area contributed by atoms with E-state index in [-0.39, 0.29) is 12.2 Å². The molecule has 66 valence electrons. The van der Waals surface area contributed by atoms with Gasteiger partial charge in [0.25, 0.3) is 0 Å². The highest BCUT2D eigenvalue weighted by Gasteiger charge is 2.04. The highest BCUT2D eigenvalue weighted by molar-refractivity contribution is 5.95. The van der Waals surface area contributed by atoms with Crippen molar-refractivity contribution in [3.8, 4) is 11.8 Å². The highest BCUT2D eigenvalue weighted by Crippen LogP contribution is 1.98. The van der Waals surface area contributed by atoms with E-state index in [0.717, 1.165) is 0 Å². The third kappa shape index (κ3) is 2.68. The summed E-state index contributed by atoms with van der Waals surface area (Å²) in [4.78, 5) is 19.3. The van der Waals surface area contributed by atoms with Crippen LogP contribution >= 0.6 is 0 Å². The molecule has 1 rings (SSSR count). The molecule has 0 bridgehead atoms. The number of nitrogens with zero attached hydrogens (tertiary/aromatic N) is 2. The molecule has 0 unspecified atom stereocenters. The SMILES string of the molecule is CC#CCC(=O)c1ccnc(C)n1. The van der Waals surface area contributed by atoms with Gasteiger partial charge in [0.05, 0.1) is 6.42 Å². The number of hydrogen-bond donors (Lipinski definition) is 0. The maximum absolute atomic E-state index is 11.4. The van der Waals surface area contributed by atoms with Crippen molar-refractivity contribution < 1.29 is 4.79 Å². The summed E-state index contributed by atoms with van der Waals surface area (Å²) in [5.41, 5.74) is 0.440. The summed E-state index contributed by atoms with van der Waals surface area (Å²) >= 11 is 0. The van der Waals surface area contributed by atoms with Gasteiger partial charge in [0, 0.05) is 6.20 Å². The lowest BCUT2D eigenvalue weighted by atomic mass is 10.2. The third-order valence-electron chi connectivity index (χ3n) is 1.49. The monoisotopic (exact) mass is 174 g/mol. The molecule has 3 nitrogen and oxygen atoms in total. The molecule has 0 N–H and O–H groups in total. The van der Waals surface area contributed by atoms with Gasteiger partial charge in [-0.15, -0.1) is 5.92 Å². The molecule has 0 spiro atoms. The van der Waals surface area contributed by atoms with Crippen LogP contribution in [0.2, 0.25) is 0 Å². The minimum Gasteiger partial charge on any atom is -0.291 e. The zero-order chi connectivity index (χ0) is 9.68. The van der Waals surface area contributed by atoms with E-state index in [0.29, 0.717) is 11.5 Å². The molecular formula is C10H10N2O. The highest BCUT2D eigenvalue weighted by atomic mass is 16.1. The third-order valence-corrected chi connectivity index (χ3v) is 1.49. The summed E-state index contributed by atoms with van der Waals surface area (Å²) in [6.07, 6.45) is 1.81. The molecule has 0 aromatic carbocycles. The molecule has 0 amide bonds. The number of aromatic nitrogens is 2. The lowest BCUT2D eigenvalue weighted by Crippen LogP contribution is -2.02. The molecule has 0 aliphatic heterocycles. The molecule has 1 aromatic heterocycles. The van der Waals surface area contributed by atoms with E-state index >= 15 is 0 Å². The normalized spacial score (nSPS) is 8.77. The van der Waals surface area contributed by atoms with Gasteiger partial charge in [0.1, 0.15) is 11.5 Å². The summed E-state index contributed by atoms with van der Waals surface area (Å²) in [7, 11) is 0. The molecule has 0 aliphatic rings. The standard InChI is InChI=1S/C10H10N2O/c1-3-4-5-10(13)9-6-7-11-8(2)12-9/h6-7H,5H2,1-2H3. The van der Waals surface area contributed by atoms with Crippen molar-refractivity contribution in [2.24, 2.45) is 0 Å². The molecule has 0 atom stereocenters. The fourth-order valence-corrected chi connectivity index (χ4v) is 0.871. The first-order valence-corrected chi connectivity index (χ1v) is 3.96. The maximum Gasteiger partial charge on any atom is 0.193 e. The quantitative estimate of drug-likeness (QED) is 0.502. The van der Waals surface area contributed by atoms with E-state index in [4.69, 9.17) is 0 Å². The first kappa shape index (κ1) is 9.40. The average Bonchev–Trinajstić information content (AvgIpc) is 2.14. The average molecular weight is 174 g/mol. The predicted molar refractivity (Wildman–Crippen MR) is 49.2 cm³/mol. The molecule has 0 saturated carbocycles. The van der Waals surface area contributed by atoms with E-state index in [2.05, 4.69) is 21.8 Å². The number of rotatable bonds is 2. The fraction of sp³-hybridized carbons (Fsp3) is 0.300. The van der Waals surface area contributed by atoms with Crippen LogP contribution in [0, 0.1) is 18.8 Å². The van der Waals surface area contributed by atoms with Gasteiger partial charge in [-0.25, -0.2) is 9.97 Å². The van der Waals surface area contributed by atoms with E-state index in [1.165, 1.54) is 0 Å². The van der Waals surface area contributed by atoms with E-state index in [1.807, 2.05) is 0 Å². The van der Waals surface area contributed by atoms with Gasteiger partial charge in [-0.05, 0) is 19.9 Å². The Bertz CT molecular complexity index is 374. The summed E-state index contributed by atoms with van der Waals surface area (Å²) in [6.45, 7) is 3.46. The van der Waals surface area contributed by atoms with Crippen LogP contribution in [0.4, 0.5) is 0 Å². The molecule has 3 heteroatoms. The summed E-state index contributed by atoms with van der Waals surface area (Å²) in [5.74, 6) is 5.93. The maximum atomic E-state index is 11.4. The number of carbonyl (C=O) groups excluding carboxylic acids is 1. The Hall–Kier alpha value is -1.69. The number of aryl methyl sites for hydroxylation is 1. The minimum atomic E-state index is -0.0557. The fourth-order valence-electron chi connectivity index (χ4n) is 0.871. The van der Waals surface area contributed by atoms with Crippen LogP contribution in [0.25, 0.3) is 0 Å². The number of Topliss-reactive ketones (excluding diaryl/α,β-unsaturated/α-hetero) is 1. The minimum absolute atomic E-state index is 0.0557. The molecule has 0 saturated heterocycles. The van der Waals surface area contributed by atoms with Crippen LogP contribution in [0.15, 0.2) is 12.3 Å². The number of ketones is 1. The lowest BCUT2D eigenvalue weighted by Gasteiger charge is -1.95. The van der Waals surface area contributed by atoms with E-state index in [9.17, 15) is 4.79 Å². The van der Waals surface area contributed by atoms with Gasteiger partial charge in [0.2, 0.25) is 0 Å². The zero-order valence-corrected chi connectivity index (χ0v) is 7.66. The summed E-state index contributed by atoms with van der Waals surface area (Å²) in [6, 6.07) is 1.60. The van der Waals surface area contributed by atoms with Gasteiger partial charge < -0.3 is 0 Å². The Morgan fingerprint density at radius 3 is 3.00 bits per heavy atom. The molecular weight excluding hydrogens is 164 g/mol. The molecule has 1 aromatic rings. The summed E-state index contributed by atoms with van der Waals surface area (Å²) in [5, 5.41) is 0. The van der Waals surface area contributed by atoms with Crippen LogP contribution in [-0.2, 0) is 0 Å². The topological polar surface area (TPSA) is 42.9 Å². The van der Waals surface area contributed by atoms with Crippen molar-refractivity contribution in [3.05, 3.63) is 23.8 Å². The van der Waals surface area contributed by atoms with Crippen molar-refractivity contribution in [1.82, 2.24) is 9.97 Å². The van der Waals surface area contributed by atoms with E-state index in [1.54, 1.807) is 26.1 Å². The molecule has 0 radical (unpaired) electrons. The summed E-state index contributed by atoms with van der Waals surface area (Å²) < 4.78 is 0. The molecule has 0 fully saturated rings. The molecule has 13 heavy (non-hydrogen) atoms. The predicted octanol–water partition coefficient (Wildman–Crippen LogP) is 1.38. The van der Waals surface area contributed by atoms with Crippen LogP contribution in [0.1, 0.15) is 29.7 Å². The second kappa shape index (κ2) is 4.36. The first-order chi connectivity index (χ1) is 6.24. The zero-order valence-electron chi connectivity index (χ0n) is 7.66. The molecule has 0 aliphatic carbocycles. The van der Waals surface area contributed by atoms with Crippen molar-refractivity contribution in [2.75, 3.05) is 0 Å². The second-order valence-corrected chi connectivity index (χ2v) is 2.52. The second-order valence-electron chi connectivity index (χ2n) is 2.52. The first-order valence-electron chi connectivity index (χ1n) is 3.96. The smallest absolute Gasteiger partial charge is 0.193 e. The van der Waals surface area contributed by atoms with Gasteiger partial charge in [-0.2, -0.15) is 0 Å².